The zero-order chi connectivity index (χ0) is 10.4. The van der Waals surface area contributed by atoms with Crippen LogP contribution in [0.15, 0.2) is 24.3 Å². The van der Waals surface area contributed by atoms with Crippen LogP contribution in [-0.4, -0.2) is 25.1 Å². The number of rotatable bonds is 5. The molecule has 0 aliphatic carbocycles. The normalized spacial score (nSPS) is 12.8. The summed E-state index contributed by atoms with van der Waals surface area (Å²) in [5.41, 5.74) is 1.05. The van der Waals surface area contributed by atoms with Gasteiger partial charge in [0, 0.05) is 11.8 Å². The van der Waals surface area contributed by atoms with Crippen molar-refractivity contribution < 1.29 is 4.39 Å². The molecule has 0 aliphatic heterocycles. The van der Waals surface area contributed by atoms with E-state index >= 15 is 0 Å². The molecule has 0 saturated carbocycles. The molecule has 1 atom stereocenters. The predicted molar refractivity (Wildman–Crippen MR) is 61.3 cm³/mol. The summed E-state index contributed by atoms with van der Waals surface area (Å²) in [6, 6.07) is 7.23. The fourth-order valence-corrected chi connectivity index (χ4v) is 2.08. The van der Waals surface area contributed by atoms with Gasteiger partial charge in [0.1, 0.15) is 5.82 Å². The second-order valence-corrected chi connectivity index (χ2v) is 4.19. The Labute approximate surface area is 89.1 Å². The maximum absolute atomic E-state index is 12.9. The van der Waals surface area contributed by atoms with E-state index in [0.29, 0.717) is 6.04 Å². The van der Waals surface area contributed by atoms with Gasteiger partial charge in [0.2, 0.25) is 0 Å². The molecule has 3 heteroatoms. The highest BCUT2D eigenvalue weighted by Crippen LogP contribution is 2.08. The molecule has 1 aromatic rings. The van der Waals surface area contributed by atoms with Crippen LogP contribution in [0.3, 0.4) is 0 Å². The number of likely N-dealkylation sites (N-methyl/N-ethyl adjacent to an activating group) is 1. The highest BCUT2D eigenvalue weighted by molar-refractivity contribution is 7.98. The number of hydrogen-bond acceptors (Lipinski definition) is 2. The third kappa shape index (κ3) is 3.68. The van der Waals surface area contributed by atoms with Gasteiger partial charge < -0.3 is 5.32 Å². The van der Waals surface area contributed by atoms with Gasteiger partial charge in [0.05, 0.1) is 0 Å². The standard InChI is InChI=1S/C11H16FNS/c1-13-11(8-14-2)7-9-4-3-5-10(12)6-9/h3-6,11,13H,7-8H2,1-2H3. The summed E-state index contributed by atoms with van der Waals surface area (Å²) in [5, 5.41) is 3.23. The number of halogens is 1. The van der Waals surface area contributed by atoms with Crippen molar-refractivity contribution in [3.05, 3.63) is 35.6 Å². The Hall–Kier alpha value is -0.540. The number of hydrogen-bond donors (Lipinski definition) is 1. The summed E-state index contributed by atoms with van der Waals surface area (Å²) in [6.45, 7) is 0. The van der Waals surface area contributed by atoms with E-state index in [2.05, 4.69) is 11.6 Å². The van der Waals surface area contributed by atoms with E-state index < -0.39 is 0 Å². The molecule has 0 aromatic heterocycles. The molecule has 0 amide bonds. The molecule has 1 nitrogen and oxygen atoms in total. The summed E-state index contributed by atoms with van der Waals surface area (Å²) in [4.78, 5) is 0. The minimum atomic E-state index is -0.151. The molecule has 14 heavy (non-hydrogen) atoms. The van der Waals surface area contributed by atoms with Crippen molar-refractivity contribution in [3.8, 4) is 0 Å². The first kappa shape index (κ1) is 11.5. The predicted octanol–water partition coefficient (Wildman–Crippen LogP) is 2.32. The van der Waals surface area contributed by atoms with Crippen LogP contribution in [0.25, 0.3) is 0 Å². The second-order valence-electron chi connectivity index (χ2n) is 3.27. The van der Waals surface area contributed by atoms with Crippen molar-refractivity contribution in [1.29, 1.82) is 0 Å². The summed E-state index contributed by atoms with van der Waals surface area (Å²) in [5.74, 6) is 0.897. The monoisotopic (exact) mass is 213 g/mol. The first-order valence-electron chi connectivity index (χ1n) is 4.67. The van der Waals surface area contributed by atoms with Gasteiger partial charge in [-0.15, -0.1) is 0 Å². The molecule has 0 bridgehead atoms. The van der Waals surface area contributed by atoms with Gasteiger partial charge in [-0.25, -0.2) is 4.39 Å². The summed E-state index contributed by atoms with van der Waals surface area (Å²) >= 11 is 1.80. The third-order valence-corrected chi connectivity index (χ3v) is 2.88. The van der Waals surface area contributed by atoms with Gasteiger partial charge in [-0.3, -0.25) is 0 Å². The van der Waals surface area contributed by atoms with Crippen molar-refractivity contribution in [2.75, 3.05) is 19.1 Å². The van der Waals surface area contributed by atoms with E-state index in [9.17, 15) is 4.39 Å². The molecular weight excluding hydrogens is 197 g/mol. The van der Waals surface area contributed by atoms with Crippen molar-refractivity contribution in [1.82, 2.24) is 5.32 Å². The van der Waals surface area contributed by atoms with E-state index in [0.717, 1.165) is 17.7 Å². The van der Waals surface area contributed by atoms with Crippen molar-refractivity contribution >= 4 is 11.8 Å². The van der Waals surface area contributed by atoms with Crippen molar-refractivity contribution in [2.45, 2.75) is 12.5 Å². The summed E-state index contributed by atoms with van der Waals surface area (Å²) in [7, 11) is 1.94. The molecule has 1 aromatic carbocycles. The molecule has 0 fully saturated rings. The second kappa shape index (κ2) is 6.04. The lowest BCUT2D eigenvalue weighted by Gasteiger charge is -2.14. The highest BCUT2D eigenvalue weighted by atomic mass is 32.2. The number of thioether (sulfide) groups is 1. The lowest BCUT2D eigenvalue weighted by atomic mass is 10.1. The van der Waals surface area contributed by atoms with Gasteiger partial charge >= 0.3 is 0 Å². The Morgan fingerprint density at radius 3 is 2.86 bits per heavy atom. The fraction of sp³-hybridized carbons (Fsp3) is 0.455. The van der Waals surface area contributed by atoms with Crippen LogP contribution in [0.2, 0.25) is 0 Å². The molecule has 1 rings (SSSR count). The van der Waals surface area contributed by atoms with Gasteiger partial charge in [-0.2, -0.15) is 11.8 Å². The Bertz CT molecular complexity index is 278. The van der Waals surface area contributed by atoms with Gasteiger partial charge in [0.25, 0.3) is 0 Å². The van der Waals surface area contributed by atoms with E-state index in [1.807, 2.05) is 13.1 Å². The topological polar surface area (TPSA) is 12.0 Å². The van der Waals surface area contributed by atoms with E-state index in [4.69, 9.17) is 0 Å². The summed E-state index contributed by atoms with van der Waals surface area (Å²) < 4.78 is 12.9. The van der Waals surface area contributed by atoms with E-state index in [1.54, 1.807) is 23.9 Å². The fourth-order valence-electron chi connectivity index (χ4n) is 1.39. The van der Waals surface area contributed by atoms with Crippen LogP contribution in [0, 0.1) is 5.82 Å². The maximum atomic E-state index is 12.9. The average molecular weight is 213 g/mol. The largest absolute Gasteiger partial charge is 0.316 e. The van der Waals surface area contributed by atoms with Gasteiger partial charge in [0.15, 0.2) is 0 Å². The molecule has 0 aliphatic rings. The molecule has 0 heterocycles. The Morgan fingerprint density at radius 2 is 2.29 bits per heavy atom. The summed E-state index contributed by atoms with van der Waals surface area (Å²) in [6.07, 6.45) is 2.96. The lowest BCUT2D eigenvalue weighted by molar-refractivity contribution is 0.603. The molecule has 1 unspecified atom stereocenters. The van der Waals surface area contributed by atoms with Gasteiger partial charge in [-0.05, 0) is 37.4 Å². The van der Waals surface area contributed by atoms with E-state index in [1.165, 1.54) is 6.07 Å². The molecular formula is C11H16FNS. The van der Waals surface area contributed by atoms with Crippen molar-refractivity contribution in [2.24, 2.45) is 0 Å². The SMILES string of the molecule is CNC(CSC)Cc1cccc(F)c1. The Kier molecular flexibility index (Phi) is 4.98. The third-order valence-electron chi connectivity index (χ3n) is 2.15. The zero-order valence-electron chi connectivity index (χ0n) is 8.59. The number of nitrogens with one attached hydrogen (secondary N) is 1. The number of benzene rings is 1. The maximum Gasteiger partial charge on any atom is 0.123 e. The van der Waals surface area contributed by atoms with Crippen LogP contribution in [-0.2, 0) is 6.42 Å². The molecule has 0 saturated heterocycles. The highest BCUT2D eigenvalue weighted by Gasteiger charge is 2.06. The van der Waals surface area contributed by atoms with Crippen LogP contribution >= 0.6 is 11.8 Å². The van der Waals surface area contributed by atoms with Crippen LogP contribution in [0.1, 0.15) is 5.56 Å². The first-order valence-corrected chi connectivity index (χ1v) is 6.06. The van der Waals surface area contributed by atoms with Gasteiger partial charge in [-0.1, -0.05) is 12.1 Å². The van der Waals surface area contributed by atoms with E-state index in [-0.39, 0.29) is 5.82 Å². The smallest absolute Gasteiger partial charge is 0.123 e. The van der Waals surface area contributed by atoms with Crippen LogP contribution in [0.5, 0.6) is 0 Å². The zero-order valence-corrected chi connectivity index (χ0v) is 9.40. The Morgan fingerprint density at radius 1 is 1.50 bits per heavy atom. The minimum Gasteiger partial charge on any atom is -0.316 e. The van der Waals surface area contributed by atoms with Crippen LogP contribution in [0.4, 0.5) is 4.39 Å². The molecule has 78 valence electrons. The molecule has 0 spiro atoms. The van der Waals surface area contributed by atoms with Crippen LogP contribution < -0.4 is 5.32 Å². The minimum absolute atomic E-state index is 0.151. The van der Waals surface area contributed by atoms with Crippen molar-refractivity contribution in [3.63, 3.8) is 0 Å². The first-order chi connectivity index (χ1) is 6.76. The quantitative estimate of drug-likeness (QED) is 0.805. The Balaban J connectivity index is 2.57. The average Bonchev–Trinajstić information content (AvgIpc) is 2.17. The lowest BCUT2D eigenvalue weighted by Crippen LogP contribution is -2.29. The molecule has 0 radical (unpaired) electrons. The molecule has 1 N–H and O–H groups in total.